The van der Waals surface area contributed by atoms with Gasteiger partial charge in [0.15, 0.2) is 0 Å². The Morgan fingerprint density at radius 1 is 1.00 bits per heavy atom. The molecule has 0 saturated heterocycles. The molecule has 0 atom stereocenters. The molecule has 1 N–H and O–H groups in total. The molecule has 0 aliphatic heterocycles. The molecule has 1 amide bonds. The molecule has 2 aromatic carbocycles. The van der Waals surface area contributed by atoms with Crippen LogP contribution in [0.4, 0.5) is 5.69 Å². The number of hydrogen-bond donors (Lipinski definition) is 1. The van der Waals surface area contributed by atoms with Crippen LogP contribution in [0.5, 0.6) is 0 Å². The fraction of sp³-hybridized carbons (Fsp3) is 0.130. The number of nitrogens with one attached hydrogen (secondary N) is 1. The molecule has 0 spiro atoms. The molecule has 3 nitrogen and oxygen atoms in total. The first-order valence-electron chi connectivity index (χ1n) is 8.96. The molecular formula is C23H19BrN2OS. The van der Waals surface area contributed by atoms with Crippen molar-refractivity contribution in [2.24, 2.45) is 0 Å². The monoisotopic (exact) mass is 450 g/mol. The van der Waals surface area contributed by atoms with Gasteiger partial charge in [-0.3, -0.25) is 4.79 Å². The number of fused-ring (bicyclic) bond motifs is 1. The Balaban J connectivity index is 1.90. The van der Waals surface area contributed by atoms with Crippen molar-refractivity contribution in [3.63, 3.8) is 0 Å². The van der Waals surface area contributed by atoms with Gasteiger partial charge in [0.1, 0.15) is 0 Å². The number of hydrogen-bond acceptors (Lipinski definition) is 3. The van der Waals surface area contributed by atoms with Crippen LogP contribution in [0.3, 0.4) is 0 Å². The maximum atomic E-state index is 13.3. The van der Waals surface area contributed by atoms with E-state index in [2.05, 4.69) is 21.2 Å². The Bertz CT molecular complexity index is 1180. The van der Waals surface area contributed by atoms with Crippen LogP contribution in [0.25, 0.3) is 21.5 Å². The molecule has 0 saturated carbocycles. The highest BCUT2D eigenvalue weighted by molar-refractivity contribution is 9.10. The predicted molar refractivity (Wildman–Crippen MR) is 121 cm³/mol. The van der Waals surface area contributed by atoms with Crippen molar-refractivity contribution < 1.29 is 4.79 Å². The van der Waals surface area contributed by atoms with Crippen molar-refractivity contribution in [1.82, 2.24) is 4.98 Å². The molecule has 0 aliphatic carbocycles. The van der Waals surface area contributed by atoms with E-state index in [-0.39, 0.29) is 5.91 Å². The summed E-state index contributed by atoms with van der Waals surface area (Å²) in [5.41, 5.74) is 6.27. The van der Waals surface area contributed by atoms with Gasteiger partial charge in [-0.1, -0.05) is 40.2 Å². The number of nitrogens with zero attached hydrogens (tertiary/aromatic N) is 1. The van der Waals surface area contributed by atoms with Gasteiger partial charge in [-0.15, -0.1) is 11.3 Å². The Labute approximate surface area is 176 Å². The molecule has 4 rings (SSSR count). The first kappa shape index (κ1) is 18.8. The van der Waals surface area contributed by atoms with Gasteiger partial charge in [0, 0.05) is 15.5 Å². The summed E-state index contributed by atoms with van der Waals surface area (Å²) in [4.78, 5) is 19.2. The summed E-state index contributed by atoms with van der Waals surface area (Å²) in [5.74, 6) is -0.125. The molecule has 0 radical (unpaired) electrons. The van der Waals surface area contributed by atoms with E-state index in [4.69, 9.17) is 4.98 Å². The Hall–Kier alpha value is -2.50. The van der Waals surface area contributed by atoms with Gasteiger partial charge in [-0.2, -0.15) is 0 Å². The van der Waals surface area contributed by atoms with E-state index in [0.29, 0.717) is 5.56 Å². The number of carbonyl (C=O) groups excluding carboxylic acids is 1. The van der Waals surface area contributed by atoms with E-state index in [0.717, 1.165) is 48.3 Å². The number of thiophene rings is 1. The Kier molecular flexibility index (Phi) is 5.04. The van der Waals surface area contributed by atoms with Crippen LogP contribution in [0.15, 0.2) is 58.4 Å². The molecule has 0 aliphatic rings. The maximum Gasteiger partial charge on any atom is 0.256 e. The number of halogens is 1. The number of para-hydroxylation sites is 1. The number of benzene rings is 2. The molecule has 0 unspecified atom stereocenters. The van der Waals surface area contributed by atoms with E-state index >= 15 is 0 Å². The summed E-state index contributed by atoms with van der Waals surface area (Å²) in [6, 6.07) is 15.9. The quantitative estimate of drug-likeness (QED) is 0.368. The second kappa shape index (κ2) is 7.49. The van der Waals surface area contributed by atoms with E-state index in [1.807, 2.05) is 74.7 Å². The third kappa shape index (κ3) is 3.48. The fourth-order valence-corrected chi connectivity index (χ4v) is 4.65. The Morgan fingerprint density at radius 3 is 2.43 bits per heavy atom. The summed E-state index contributed by atoms with van der Waals surface area (Å²) in [7, 11) is 0. The maximum absolute atomic E-state index is 13.3. The molecular weight excluding hydrogens is 432 g/mol. The third-order valence-corrected chi connectivity index (χ3v) is 6.16. The number of pyridine rings is 1. The lowest BCUT2D eigenvalue weighted by atomic mass is 10.0. The van der Waals surface area contributed by atoms with E-state index in [9.17, 15) is 4.79 Å². The number of anilines is 1. The lowest BCUT2D eigenvalue weighted by Gasteiger charge is -2.14. The normalized spacial score (nSPS) is 11.0. The molecule has 0 bridgehead atoms. The van der Waals surface area contributed by atoms with Crippen molar-refractivity contribution in [2.45, 2.75) is 20.8 Å². The Morgan fingerprint density at radius 2 is 1.75 bits per heavy atom. The molecule has 28 heavy (non-hydrogen) atoms. The molecule has 2 aromatic heterocycles. The van der Waals surface area contributed by atoms with Gasteiger partial charge < -0.3 is 5.32 Å². The summed E-state index contributed by atoms with van der Waals surface area (Å²) in [6.07, 6.45) is 0. The minimum absolute atomic E-state index is 0.125. The first-order valence-corrected chi connectivity index (χ1v) is 10.6. The average Bonchev–Trinajstić information content (AvgIpc) is 3.19. The molecule has 2 heterocycles. The van der Waals surface area contributed by atoms with Gasteiger partial charge in [0.2, 0.25) is 0 Å². The number of aryl methyl sites for hydroxylation is 3. The zero-order chi connectivity index (χ0) is 19.8. The summed E-state index contributed by atoms with van der Waals surface area (Å²) in [6.45, 7) is 6.03. The van der Waals surface area contributed by atoms with Crippen LogP contribution in [-0.2, 0) is 0 Å². The van der Waals surface area contributed by atoms with Crippen LogP contribution in [0.1, 0.15) is 27.0 Å². The van der Waals surface area contributed by atoms with Crippen molar-refractivity contribution in [3.05, 3.63) is 80.6 Å². The standard InChI is InChI=1S/C23H19BrN2OS/c1-13-6-4-7-14(2)21(13)26-23(27)18-12-19(20-8-5-9-28-20)25-22-15(3)10-16(24)11-17(18)22/h4-12H,1-3H3,(H,26,27). The van der Waals surface area contributed by atoms with Crippen LogP contribution in [-0.4, -0.2) is 10.9 Å². The largest absolute Gasteiger partial charge is 0.321 e. The van der Waals surface area contributed by atoms with E-state index < -0.39 is 0 Å². The third-order valence-electron chi connectivity index (χ3n) is 4.81. The highest BCUT2D eigenvalue weighted by Gasteiger charge is 2.17. The van der Waals surface area contributed by atoms with Crippen LogP contribution in [0, 0.1) is 20.8 Å². The zero-order valence-electron chi connectivity index (χ0n) is 15.8. The smallest absolute Gasteiger partial charge is 0.256 e. The number of carbonyl (C=O) groups is 1. The summed E-state index contributed by atoms with van der Waals surface area (Å²) in [5, 5.41) is 5.98. The summed E-state index contributed by atoms with van der Waals surface area (Å²) < 4.78 is 0.935. The molecule has 140 valence electrons. The first-order chi connectivity index (χ1) is 13.4. The zero-order valence-corrected chi connectivity index (χ0v) is 18.2. The fourth-order valence-electron chi connectivity index (χ4n) is 3.39. The molecule has 5 heteroatoms. The second-order valence-corrected chi connectivity index (χ2v) is 8.74. The minimum atomic E-state index is -0.125. The molecule has 0 fully saturated rings. The van der Waals surface area contributed by atoms with Gasteiger partial charge in [-0.25, -0.2) is 4.98 Å². The molecule has 4 aromatic rings. The van der Waals surface area contributed by atoms with Crippen molar-refractivity contribution in [2.75, 3.05) is 5.32 Å². The number of aromatic nitrogens is 1. The van der Waals surface area contributed by atoms with Crippen LogP contribution < -0.4 is 5.32 Å². The number of amides is 1. The average molecular weight is 451 g/mol. The highest BCUT2D eigenvalue weighted by Crippen LogP contribution is 2.32. The van der Waals surface area contributed by atoms with E-state index in [1.165, 1.54) is 0 Å². The lowest BCUT2D eigenvalue weighted by Crippen LogP contribution is -2.15. The van der Waals surface area contributed by atoms with E-state index in [1.54, 1.807) is 11.3 Å². The van der Waals surface area contributed by atoms with Crippen LogP contribution in [0.2, 0.25) is 0 Å². The number of rotatable bonds is 3. The SMILES string of the molecule is Cc1cccc(C)c1NC(=O)c1cc(-c2cccs2)nc2c(C)cc(Br)cc12. The minimum Gasteiger partial charge on any atom is -0.321 e. The topological polar surface area (TPSA) is 42.0 Å². The summed E-state index contributed by atoms with van der Waals surface area (Å²) >= 11 is 5.18. The van der Waals surface area contributed by atoms with Crippen LogP contribution >= 0.6 is 27.3 Å². The van der Waals surface area contributed by atoms with Crippen molar-refractivity contribution in [3.8, 4) is 10.6 Å². The highest BCUT2D eigenvalue weighted by atomic mass is 79.9. The van der Waals surface area contributed by atoms with Gasteiger partial charge in [0.05, 0.1) is 21.7 Å². The van der Waals surface area contributed by atoms with Gasteiger partial charge >= 0.3 is 0 Å². The van der Waals surface area contributed by atoms with Crippen molar-refractivity contribution >= 4 is 49.8 Å². The second-order valence-electron chi connectivity index (χ2n) is 6.87. The lowest BCUT2D eigenvalue weighted by molar-refractivity contribution is 0.102. The van der Waals surface area contributed by atoms with Gasteiger partial charge in [0.25, 0.3) is 5.91 Å². The van der Waals surface area contributed by atoms with Gasteiger partial charge in [-0.05, 0) is 67.1 Å². The van der Waals surface area contributed by atoms with Crippen molar-refractivity contribution in [1.29, 1.82) is 0 Å². The predicted octanol–water partition coefficient (Wildman–Crippen LogP) is 6.90.